The number of hydrogen-bond donors (Lipinski definition) is 0. The van der Waals surface area contributed by atoms with Crippen molar-refractivity contribution >= 4 is 41.4 Å². The number of aromatic nitrogens is 2. The molecule has 2 aromatic rings. The number of rotatable bonds is 1. The van der Waals surface area contributed by atoms with Crippen molar-refractivity contribution in [1.82, 2.24) is 9.97 Å². The molecule has 0 atom stereocenters. The summed E-state index contributed by atoms with van der Waals surface area (Å²) in [6.07, 6.45) is 1.20. The van der Waals surface area contributed by atoms with Gasteiger partial charge in [0.05, 0.1) is 10.2 Å². The third-order valence-electron chi connectivity index (χ3n) is 1.44. The largest absolute Gasteiger partial charge is 0.262 e. The van der Waals surface area contributed by atoms with Gasteiger partial charge in [0.2, 0.25) is 0 Å². The van der Waals surface area contributed by atoms with Crippen molar-refractivity contribution < 1.29 is 8.42 Å². The standard InChI is InChI=1S/C6H3ClN2O2S2/c7-13(10,11)4-1-5-6(8-2-4)9-3-12-5/h1-3H. The summed E-state index contributed by atoms with van der Waals surface area (Å²) in [5.41, 5.74) is 2.14. The molecule has 0 aliphatic carbocycles. The zero-order chi connectivity index (χ0) is 9.47. The molecule has 0 amide bonds. The Bertz CT molecular complexity index is 549. The summed E-state index contributed by atoms with van der Waals surface area (Å²) in [6, 6.07) is 1.46. The van der Waals surface area contributed by atoms with E-state index in [0.717, 1.165) is 0 Å². The summed E-state index contributed by atoms with van der Waals surface area (Å²) < 4.78 is 22.5. The number of nitrogens with zero attached hydrogens (tertiary/aromatic N) is 2. The highest BCUT2D eigenvalue weighted by atomic mass is 35.7. The molecule has 2 rings (SSSR count). The van der Waals surface area contributed by atoms with E-state index in [1.807, 2.05) is 0 Å². The highest BCUT2D eigenvalue weighted by Crippen LogP contribution is 2.21. The summed E-state index contributed by atoms with van der Waals surface area (Å²) >= 11 is 1.32. The van der Waals surface area contributed by atoms with Crippen molar-refractivity contribution in [2.75, 3.05) is 0 Å². The van der Waals surface area contributed by atoms with Gasteiger partial charge in [-0.3, -0.25) is 0 Å². The number of fused-ring (bicyclic) bond motifs is 1. The van der Waals surface area contributed by atoms with Crippen molar-refractivity contribution in [1.29, 1.82) is 0 Å². The van der Waals surface area contributed by atoms with E-state index in [0.29, 0.717) is 10.3 Å². The second-order valence-corrected chi connectivity index (χ2v) is 5.74. The maximum atomic E-state index is 10.9. The Kier molecular flexibility index (Phi) is 1.98. The van der Waals surface area contributed by atoms with Gasteiger partial charge >= 0.3 is 0 Å². The Balaban J connectivity index is 2.75. The normalized spacial score (nSPS) is 12.1. The first-order valence-electron chi connectivity index (χ1n) is 3.21. The van der Waals surface area contributed by atoms with Crippen molar-refractivity contribution in [2.45, 2.75) is 4.90 Å². The highest BCUT2D eigenvalue weighted by molar-refractivity contribution is 8.13. The zero-order valence-electron chi connectivity index (χ0n) is 6.14. The van der Waals surface area contributed by atoms with Crippen molar-refractivity contribution in [2.24, 2.45) is 0 Å². The van der Waals surface area contributed by atoms with Crippen LogP contribution in [-0.2, 0) is 9.05 Å². The Labute approximate surface area is 82.6 Å². The van der Waals surface area contributed by atoms with Crippen LogP contribution in [-0.4, -0.2) is 18.4 Å². The topological polar surface area (TPSA) is 59.9 Å². The summed E-state index contributed by atoms with van der Waals surface area (Å²) in [7, 11) is 1.46. The van der Waals surface area contributed by atoms with Crippen LogP contribution in [0.5, 0.6) is 0 Å². The summed E-state index contributed by atoms with van der Waals surface area (Å²) in [5, 5.41) is 0. The summed E-state index contributed by atoms with van der Waals surface area (Å²) in [4.78, 5) is 7.76. The van der Waals surface area contributed by atoms with Gasteiger partial charge in [0.15, 0.2) is 5.65 Å². The van der Waals surface area contributed by atoms with E-state index >= 15 is 0 Å². The fraction of sp³-hybridized carbons (Fsp3) is 0. The molecule has 0 unspecified atom stereocenters. The number of pyridine rings is 1. The van der Waals surface area contributed by atoms with Crippen LogP contribution in [0.15, 0.2) is 22.7 Å². The first kappa shape index (κ1) is 8.86. The molecule has 0 aromatic carbocycles. The average molecular weight is 235 g/mol. The van der Waals surface area contributed by atoms with Gasteiger partial charge in [-0.05, 0) is 6.07 Å². The number of hydrogen-bond acceptors (Lipinski definition) is 5. The van der Waals surface area contributed by atoms with E-state index in [-0.39, 0.29) is 4.90 Å². The minimum atomic E-state index is -3.68. The fourth-order valence-electron chi connectivity index (χ4n) is 0.869. The van der Waals surface area contributed by atoms with Crippen LogP contribution < -0.4 is 0 Å². The van der Waals surface area contributed by atoms with Gasteiger partial charge in [0.25, 0.3) is 9.05 Å². The van der Waals surface area contributed by atoms with Crippen LogP contribution in [0.1, 0.15) is 0 Å². The van der Waals surface area contributed by atoms with E-state index < -0.39 is 9.05 Å². The summed E-state index contributed by atoms with van der Waals surface area (Å²) in [5.74, 6) is 0. The minimum Gasteiger partial charge on any atom is -0.234 e. The van der Waals surface area contributed by atoms with Gasteiger partial charge < -0.3 is 0 Å². The van der Waals surface area contributed by atoms with Crippen LogP contribution in [0.25, 0.3) is 10.3 Å². The monoisotopic (exact) mass is 234 g/mol. The van der Waals surface area contributed by atoms with E-state index in [1.165, 1.54) is 23.6 Å². The van der Waals surface area contributed by atoms with Crippen LogP contribution >= 0.6 is 22.0 Å². The maximum Gasteiger partial charge on any atom is 0.262 e. The lowest BCUT2D eigenvalue weighted by atomic mass is 10.5. The molecule has 2 heterocycles. The molecule has 0 fully saturated rings. The molecular weight excluding hydrogens is 232 g/mol. The van der Waals surface area contributed by atoms with E-state index in [4.69, 9.17) is 10.7 Å². The van der Waals surface area contributed by atoms with Crippen molar-refractivity contribution in [3.05, 3.63) is 17.8 Å². The highest BCUT2D eigenvalue weighted by Gasteiger charge is 2.11. The lowest BCUT2D eigenvalue weighted by Gasteiger charge is -1.93. The lowest BCUT2D eigenvalue weighted by Crippen LogP contribution is -1.91. The molecule has 2 aromatic heterocycles. The van der Waals surface area contributed by atoms with Gasteiger partial charge in [-0.2, -0.15) is 0 Å². The van der Waals surface area contributed by atoms with Crippen molar-refractivity contribution in [3.63, 3.8) is 0 Å². The first-order valence-corrected chi connectivity index (χ1v) is 6.40. The number of thiazole rings is 1. The predicted octanol–water partition coefficient (Wildman–Crippen LogP) is 1.62. The average Bonchev–Trinajstić information content (AvgIpc) is 2.47. The van der Waals surface area contributed by atoms with Gasteiger partial charge in [-0.1, -0.05) is 0 Å². The number of halogens is 1. The molecule has 0 radical (unpaired) electrons. The third kappa shape index (κ3) is 1.65. The maximum absolute atomic E-state index is 10.9. The molecule has 0 aliphatic heterocycles. The first-order chi connectivity index (χ1) is 6.07. The van der Waals surface area contributed by atoms with Crippen LogP contribution in [0, 0.1) is 0 Å². The van der Waals surface area contributed by atoms with Gasteiger partial charge in [-0.15, -0.1) is 11.3 Å². The molecule has 4 nitrogen and oxygen atoms in total. The van der Waals surface area contributed by atoms with E-state index in [1.54, 1.807) is 5.51 Å². The smallest absolute Gasteiger partial charge is 0.234 e. The quantitative estimate of drug-likeness (QED) is 0.704. The van der Waals surface area contributed by atoms with Gasteiger partial charge in [0.1, 0.15) is 4.90 Å². The Hall–Kier alpha value is -0.720. The Morgan fingerprint density at radius 3 is 2.85 bits per heavy atom. The third-order valence-corrected chi connectivity index (χ3v) is 3.53. The van der Waals surface area contributed by atoms with Crippen molar-refractivity contribution in [3.8, 4) is 0 Å². The SMILES string of the molecule is O=S(=O)(Cl)c1cnc2ncsc2c1. The van der Waals surface area contributed by atoms with Crippen LogP contribution in [0.3, 0.4) is 0 Å². The Morgan fingerprint density at radius 1 is 1.38 bits per heavy atom. The minimum absolute atomic E-state index is 0.00548. The van der Waals surface area contributed by atoms with Gasteiger partial charge in [-0.25, -0.2) is 18.4 Å². The van der Waals surface area contributed by atoms with E-state index in [2.05, 4.69) is 9.97 Å². The second kappa shape index (κ2) is 2.90. The molecule has 0 aliphatic rings. The predicted molar refractivity (Wildman–Crippen MR) is 50.5 cm³/mol. The van der Waals surface area contributed by atoms with Gasteiger partial charge in [0, 0.05) is 16.9 Å². The molecule has 0 saturated carbocycles. The lowest BCUT2D eigenvalue weighted by molar-refractivity contribution is 0.609. The molecule has 13 heavy (non-hydrogen) atoms. The molecule has 0 bridgehead atoms. The molecular formula is C6H3ClN2O2S2. The molecule has 0 N–H and O–H groups in total. The summed E-state index contributed by atoms with van der Waals surface area (Å²) in [6.45, 7) is 0. The zero-order valence-corrected chi connectivity index (χ0v) is 8.53. The van der Waals surface area contributed by atoms with E-state index in [9.17, 15) is 8.42 Å². The van der Waals surface area contributed by atoms with Crippen LogP contribution in [0.4, 0.5) is 0 Å². The molecule has 0 saturated heterocycles. The molecule has 7 heteroatoms. The van der Waals surface area contributed by atoms with Crippen LogP contribution in [0.2, 0.25) is 0 Å². The Morgan fingerprint density at radius 2 is 2.15 bits per heavy atom. The second-order valence-electron chi connectivity index (χ2n) is 2.28. The fourth-order valence-corrected chi connectivity index (χ4v) is 2.31. The molecule has 68 valence electrons. The molecule has 0 spiro atoms.